The molecule has 3 heterocycles. The highest BCUT2D eigenvalue weighted by Gasteiger charge is 2.27. The minimum atomic E-state index is -0.238. The number of benzene rings is 6. The highest BCUT2D eigenvalue weighted by Crippen LogP contribution is 2.36. The van der Waals surface area contributed by atoms with Gasteiger partial charge < -0.3 is 9.73 Å². The number of nitrogens with zero attached hydrogens (tertiary/aromatic N) is 2. The molecule has 0 radical (unpaired) electrons. The van der Waals surface area contributed by atoms with E-state index >= 15 is 0 Å². The standard InChI is InChI=1S/C40H28N4O/c1-3-10-27(11-4-1)38-42-39(28-12-5-2-6-13-28)44-40(43-38)37-36-32-20-19-30(24-35(32)45-34(36)21-22-41-37)29-18-17-26-16-15-25-9-7-8-14-31(25)33(26)23-29/h1-24,38-39,42H,(H,43,44). The van der Waals surface area contributed by atoms with E-state index in [9.17, 15) is 0 Å². The summed E-state index contributed by atoms with van der Waals surface area (Å²) >= 11 is 0. The molecule has 5 nitrogen and oxygen atoms in total. The minimum absolute atomic E-state index is 0.144. The molecule has 5 heteroatoms. The first-order chi connectivity index (χ1) is 22.3. The third-order valence-corrected chi connectivity index (χ3v) is 8.80. The average molecular weight is 581 g/mol. The van der Waals surface area contributed by atoms with Crippen LogP contribution < -0.4 is 10.6 Å². The number of hydrogen-bond donors (Lipinski definition) is 2. The number of furan rings is 1. The van der Waals surface area contributed by atoms with Crippen LogP contribution in [0.2, 0.25) is 0 Å². The van der Waals surface area contributed by atoms with E-state index < -0.39 is 0 Å². The minimum Gasteiger partial charge on any atom is -0.456 e. The monoisotopic (exact) mass is 580 g/mol. The van der Waals surface area contributed by atoms with Gasteiger partial charge in [-0.25, -0.2) is 4.99 Å². The summed E-state index contributed by atoms with van der Waals surface area (Å²) in [6, 6.07) is 48.7. The number of aromatic nitrogens is 1. The van der Waals surface area contributed by atoms with Crippen molar-refractivity contribution in [1.82, 2.24) is 15.6 Å². The summed E-state index contributed by atoms with van der Waals surface area (Å²) in [6.07, 6.45) is 1.42. The van der Waals surface area contributed by atoms with Crippen molar-refractivity contribution in [3.8, 4) is 11.1 Å². The lowest BCUT2D eigenvalue weighted by atomic mass is 9.96. The smallest absolute Gasteiger partial charge is 0.151 e. The van der Waals surface area contributed by atoms with Crippen LogP contribution in [0.1, 0.15) is 29.2 Å². The maximum Gasteiger partial charge on any atom is 0.151 e. The number of amidine groups is 1. The molecule has 0 saturated heterocycles. The summed E-state index contributed by atoms with van der Waals surface area (Å²) in [5.74, 6) is 0.732. The van der Waals surface area contributed by atoms with Gasteiger partial charge in [-0.3, -0.25) is 10.3 Å². The third-order valence-electron chi connectivity index (χ3n) is 8.80. The predicted octanol–water partition coefficient (Wildman–Crippen LogP) is 9.29. The van der Waals surface area contributed by atoms with E-state index in [1.54, 1.807) is 6.20 Å². The van der Waals surface area contributed by atoms with Gasteiger partial charge >= 0.3 is 0 Å². The van der Waals surface area contributed by atoms with Crippen LogP contribution in [-0.4, -0.2) is 10.8 Å². The van der Waals surface area contributed by atoms with Crippen molar-refractivity contribution >= 4 is 49.3 Å². The molecule has 2 atom stereocenters. The zero-order valence-electron chi connectivity index (χ0n) is 24.3. The fourth-order valence-electron chi connectivity index (χ4n) is 6.56. The van der Waals surface area contributed by atoms with Gasteiger partial charge in [-0.2, -0.15) is 0 Å². The van der Waals surface area contributed by atoms with Crippen LogP contribution in [-0.2, 0) is 0 Å². The van der Waals surface area contributed by atoms with Gasteiger partial charge in [0.15, 0.2) is 5.84 Å². The number of fused-ring (bicyclic) bond motifs is 6. The lowest BCUT2D eigenvalue weighted by Gasteiger charge is -2.32. The molecule has 0 aliphatic carbocycles. The third kappa shape index (κ3) is 4.44. The van der Waals surface area contributed by atoms with Crippen molar-refractivity contribution in [2.75, 3.05) is 0 Å². The predicted molar refractivity (Wildman–Crippen MR) is 183 cm³/mol. The zero-order valence-corrected chi connectivity index (χ0v) is 24.3. The lowest BCUT2D eigenvalue weighted by Crippen LogP contribution is -2.45. The van der Waals surface area contributed by atoms with Crippen LogP contribution in [0.5, 0.6) is 0 Å². The Labute approximate surface area is 259 Å². The van der Waals surface area contributed by atoms with E-state index in [4.69, 9.17) is 14.4 Å². The second kappa shape index (κ2) is 10.4. The highest BCUT2D eigenvalue weighted by molar-refractivity contribution is 6.17. The molecule has 1 aliphatic heterocycles. The first-order valence-electron chi connectivity index (χ1n) is 15.2. The molecular formula is C40H28N4O. The number of nitrogens with one attached hydrogen (secondary N) is 2. The van der Waals surface area contributed by atoms with Crippen LogP contribution in [0.4, 0.5) is 0 Å². The molecule has 1 aliphatic rings. The first kappa shape index (κ1) is 25.7. The Kier molecular flexibility index (Phi) is 5.96. The topological polar surface area (TPSA) is 62.5 Å². The maximum atomic E-state index is 6.49. The first-order valence-corrected chi connectivity index (χ1v) is 15.2. The number of rotatable bonds is 4. The van der Waals surface area contributed by atoms with Gasteiger partial charge in [0.2, 0.25) is 0 Å². The van der Waals surface area contributed by atoms with Crippen LogP contribution >= 0.6 is 0 Å². The second-order valence-corrected chi connectivity index (χ2v) is 11.5. The summed E-state index contributed by atoms with van der Waals surface area (Å²) in [5.41, 5.74) is 6.87. The van der Waals surface area contributed by atoms with Crippen molar-refractivity contribution in [2.24, 2.45) is 4.99 Å². The van der Waals surface area contributed by atoms with Crippen LogP contribution in [0.25, 0.3) is 54.6 Å². The molecule has 9 rings (SSSR count). The SMILES string of the molecule is c1ccc(C2N=C(c3nccc4oc5cc(-c6ccc7ccc8ccccc8c7c6)ccc5c34)NC(c3ccccc3)N2)cc1. The quantitative estimate of drug-likeness (QED) is 0.204. The number of hydrogen-bond acceptors (Lipinski definition) is 5. The molecule has 0 spiro atoms. The molecule has 0 saturated carbocycles. The van der Waals surface area contributed by atoms with E-state index in [0.717, 1.165) is 55.7 Å². The number of aliphatic imine (C=N–C) groups is 1. The molecule has 45 heavy (non-hydrogen) atoms. The van der Waals surface area contributed by atoms with E-state index in [1.807, 2.05) is 30.3 Å². The summed E-state index contributed by atoms with van der Waals surface area (Å²) in [5, 5.41) is 14.3. The molecule has 2 N–H and O–H groups in total. The molecule has 0 amide bonds. The Bertz CT molecular complexity index is 2400. The van der Waals surface area contributed by atoms with Crippen molar-refractivity contribution in [3.63, 3.8) is 0 Å². The van der Waals surface area contributed by atoms with Gasteiger partial charge in [0.05, 0.1) is 5.39 Å². The normalized spacial score (nSPS) is 16.7. The molecule has 0 bridgehead atoms. The van der Waals surface area contributed by atoms with Crippen LogP contribution in [0, 0.1) is 0 Å². The number of pyridine rings is 1. The van der Waals surface area contributed by atoms with Gasteiger partial charge in [0, 0.05) is 11.6 Å². The summed E-state index contributed by atoms with van der Waals surface area (Å²) < 4.78 is 6.49. The summed E-state index contributed by atoms with van der Waals surface area (Å²) in [7, 11) is 0. The Morgan fingerprint density at radius 3 is 2.09 bits per heavy atom. The highest BCUT2D eigenvalue weighted by atomic mass is 16.3. The molecule has 0 fully saturated rings. The molecule has 2 aromatic heterocycles. The van der Waals surface area contributed by atoms with Crippen molar-refractivity contribution in [2.45, 2.75) is 12.3 Å². The molecular weight excluding hydrogens is 552 g/mol. The van der Waals surface area contributed by atoms with Gasteiger partial charge in [0.25, 0.3) is 0 Å². The van der Waals surface area contributed by atoms with E-state index in [-0.39, 0.29) is 12.3 Å². The van der Waals surface area contributed by atoms with Gasteiger partial charge in [-0.05, 0) is 68.1 Å². The largest absolute Gasteiger partial charge is 0.456 e. The van der Waals surface area contributed by atoms with Gasteiger partial charge in [0.1, 0.15) is 29.2 Å². The molecule has 6 aromatic carbocycles. The molecule has 2 unspecified atom stereocenters. The Morgan fingerprint density at radius 2 is 1.24 bits per heavy atom. The Morgan fingerprint density at radius 1 is 0.556 bits per heavy atom. The van der Waals surface area contributed by atoms with Crippen LogP contribution in [0.3, 0.4) is 0 Å². The molecule has 8 aromatic rings. The van der Waals surface area contributed by atoms with Gasteiger partial charge in [-0.15, -0.1) is 0 Å². The van der Waals surface area contributed by atoms with E-state index in [2.05, 4.69) is 120 Å². The summed E-state index contributed by atoms with van der Waals surface area (Å²) in [6.45, 7) is 0. The van der Waals surface area contributed by atoms with E-state index in [1.165, 1.54) is 21.5 Å². The van der Waals surface area contributed by atoms with Crippen LogP contribution in [0.15, 0.2) is 155 Å². The average Bonchev–Trinajstić information content (AvgIpc) is 3.50. The Balaban J connectivity index is 1.17. The van der Waals surface area contributed by atoms with Crippen molar-refractivity contribution in [3.05, 3.63) is 163 Å². The summed E-state index contributed by atoms with van der Waals surface area (Å²) in [4.78, 5) is 10.0. The second-order valence-electron chi connectivity index (χ2n) is 11.5. The lowest BCUT2D eigenvalue weighted by molar-refractivity contribution is 0.408. The zero-order chi connectivity index (χ0) is 29.7. The molecule has 214 valence electrons. The fraction of sp³-hybridized carbons (Fsp3) is 0.0500. The Hall–Kier alpha value is -5.78. The fourth-order valence-corrected chi connectivity index (χ4v) is 6.56. The van der Waals surface area contributed by atoms with Crippen molar-refractivity contribution in [1.29, 1.82) is 0 Å². The van der Waals surface area contributed by atoms with Crippen molar-refractivity contribution < 1.29 is 4.42 Å². The maximum absolute atomic E-state index is 6.49. The van der Waals surface area contributed by atoms with Gasteiger partial charge in [-0.1, -0.05) is 115 Å². The van der Waals surface area contributed by atoms with E-state index in [0.29, 0.717) is 0 Å².